The van der Waals surface area contributed by atoms with Crippen LogP contribution in [-0.2, 0) is 10.8 Å². The van der Waals surface area contributed by atoms with Crippen molar-refractivity contribution in [3.63, 3.8) is 0 Å². The van der Waals surface area contributed by atoms with Gasteiger partial charge >= 0.3 is 0 Å². The van der Waals surface area contributed by atoms with Crippen molar-refractivity contribution in [2.75, 3.05) is 9.80 Å². The Hall–Kier alpha value is -10.0. The predicted octanol–water partition coefficient (Wildman–Crippen LogP) is 18.7. The molecule has 14 aromatic rings. The summed E-state index contributed by atoms with van der Waals surface area (Å²) in [7, 11) is 0. The second-order valence-corrected chi connectivity index (χ2v) is 20.2. The number of hydrogen-bond donors (Lipinski definition) is 0. The highest BCUT2D eigenvalue weighted by Crippen LogP contribution is 2.70. The van der Waals surface area contributed by atoms with Crippen molar-refractivity contribution in [2.45, 2.75) is 10.8 Å². The molecule has 0 unspecified atom stereocenters. The average Bonchev–Trinajstić information content (AvgIpc) is 3.17. The molecular weight excluding hydrogens is 933 g/mol. The van der Waals surface area contributed by atoms with Crippen molar-refractivity contribution >= 4 is 78.4 Å². The van der Waals surface area contributed by atoms with Gasteiger partial charge in [0.25, 0.3) is 0 Å². The number of rotatable bonds is 6. The van der Waals surface area contributed by atoms with E-state index in [9.17, 15) is 0 Å². The zero-order valence-corrected chi connectivity index (χ0v) is 40.8. The Morgan fingerprint density at radius 3 is 0.987 bits per heavy atom. The fraction of sp³-hybridized carbons (Fsp3) is 0.0286. The maximum atomic E-state index is 8.10. The van der Waals surface area contributed by atoms with Crippen LogP contribution in [0.1, 0.15) is 44.9 Å². The summed E-state index contributed by atoms with van der Waals surface area (Å²) in [5, 5.41) is 4.08. The Morgan fingerprint density at radius 1 is 0.263 bits per heavy atom. The molecule has 6 nitrogen and oxygen atoms in total. The van der Waals surface area contributed by atoms with E-state index in [1.807, 2.05) is 24.3 Å². The standard InChI is InChI=1S/C70H42N2O4/c1-3-21-43(22-4-1)71(57-35-19-39-61-65(57)49-29-11-17-37-59(49)73-61)63-41-55-67(75-63)70(53-33-15-9-27-47(53)48-28-10-16-34-54(48)70)56-42-64(76-68(56)69(55)51-31-13-7-25-45(51)46-26-8-14-32-52(46)69)72(44-23-5-2-6-24-44)58-36-20-40-62-66(58)50-30-12-18-38-60(50)74-62/h1-42H. The Labute approximate surface area is 436 Å². The van der Waals surface area contributed by atoms with Crippen LogP contribution in [0.2, 0.25) is 0 Å². The Balaban J connectivity index is 1.04. The molecule has 6 heteroatoms. The van der Waals surface area contributed by atoms with E-state index in [1.165, 1.54) is 0 Å². The number of fused-ring (bicyclic) bond motifs is 22. The van der Waals surface area contributed by atoms with E-state index < -0.39 is 10.8 Å². The van der Waals surface area contributed by atoms with E-state index >= 15 is 0 Å². The molecule has 0 fully saturated rings. The number of benzene rings is 10. The van der Waals surface area contributed by atoms with Crippen LogP contribution in [0, 0.1) is 0 Å². The fourth-order valence-electron chi connectivity index (χ4n) is 13.7. The fourth-order valence-corrected chi connectivity index (χ4v) is 13.7. The Bertz CT molecular complexity index is 4250. The normalized spacial score (nSPS) is 14.0. The third kappa shape index (κ3) is 5.24. The largest absolute Gasteiger partial charge is 0.456 e. The summed E-state index contributed by atoms with van der Waals surface area (Å²) in [6, 6.07) is 90.6. The van der Waals surface area contributed by atoms with E-state index in [0.717, 1.165) is 134 Å². The highest BCUT2D eigenvalue weighted by Gasteiger charge is 2.64. The Kier molecular flexibility index (Phi) is 8.32. The van der Waals surface area contributed by atoms with Gasteiger partial charge in [-0.1, -0.05) is 182 Å². The van der Waals surface area contributed by atoms with Crippen LogP contribution in [0.5, 0.6) is 0 Å². The van der Waals surface area contributed by atoms with Gasteiger partial charge in [0.05, 0.1) is 22.1 Å². The number of nitrogens with zero attached hydrogens (tertiary/aromatic N) is 2. The Morgan fingerprint density at radius 2 is 0.592 bits per heavy atom. The topological polar surface area (TPSA) is 59.0 Å². The molecule has 4 aromatic heterocycles. The monoisotopic (exact) mass is 974 g/mol. The number of anilines is 6. The second kappa shape index (κ2) is 15.3. The third-order valence-electron chi connectivity index (χ3n) is 16.5. The molecule has 0 radical (unpaired) electrons. The van der Waals surface area contributed by atoms with Crippen molar-refractivity contribution in [1.29, 1.82) is 0 Å². The molecule has 356 valence electrons. The average molecular weight is 975 g/mol. The smallest absolute Gasteiger partial charge is 0.205 e. The van der Waals surface area contributed by atoms with E-state index in [1.54, 1.807) is 0 Å². The maximum absolute atomic E-state index is 8.10. The molecule has 0 saturated carbocycles. The molecule has 0 saturated heterocycles. The van der Waals surface area contributed by atoms with Crippen molar-refractivity contribution < 1.29 is 17.7 Å². The molecule has 10 aromatic carbocycles. The summed E-state index contributed by atoms with van der Waals surface area (Å²) in [6.07, 6.45) is 0. The van der Waals surface area contributed by atoms with Gasteiger partial charge in [-0.3, -0.25) is 9.80 Å². The molecule has 3 aliphatic rings. The molecule has 0 N–H and O–H groups in total. The SMILES string of the molecule is c1ccc(N(c2cc3c(o2)C2(c4ccccc4-c4ccccc42)c2cc(N(c4ccccc4)c4cccc5oc6ccccc6c45)oc2C32c3ccccc3-c3ccccc32)c2cccc3oc4ccccc4c23)cc1. The lowest BCUT2D eigenvalue weighted by Crippen LogP contribution is -2.42. The van der Waals surface area contributed by atoms with Crippen molar-refractivity contribution in [1.82, 2.24) is 0 Å². The number of furan rings is 4. The van der Waals surface area contributed by atoms with Crippen LogP contribution in [0.25, 0.3) is 66.1 Å². The van der Waals surface area contributed by atoms with Gasteiger partial charge in [0.1, 0.15) is 44.7 Å². The first-order chi connectivity index (χ1) is 37.7. The highest BCUT2D eigenvalue weighted by atomic mass is 16.4. The van der Waals surface area contributed by atoms with Gasteiger partial charge in [-0.2, -0.15) is 0 Å². The zero-order chi connectivity index (χ0) is 49.7. The minimum Gasteiger partial charge on any atom is -0.456 e. The van der Waals surface area contributed by atoms with Crippen LogP contribution in [0.4, 0.5) is 34.5 Å². The van der Waals surface area contributed by atoms with Crippen molar-refractivity contribution in [3.05, 3.63) is 300 Å². The summed E-state index contributed by atoms with van der Waals surface area (Å²) >= 11 is 0. The molecule has 4 heterocycles. The second-order valence-electron chi connectivity index (χ2n) is 20.2. The summed E-state index contributed by atoms with van der Waals surface area (Å²) in [5.41, 5.74) is 16.2. The van der Waals surface area contributed by atoms with E-state index in [2.05, 4.69) is 240 Å². The summed E-state index contributed by atoms with van der Waals surface area (Å²) in [6.45, 7) is 0. The van der Waals surface area contributed by atoms with Crippen molar-refractivity contribution in [2.24, 2.45) is 0 Å². The summed E-state index contributed by atoms with van der Waals surface area (Å²) < 4.78 is 29.4. The molecule has 0 aliphatic heterocycles. The van der Waals surface area contributed by atoms with E-state index in [4.69, 9.17) is 17.7 Å². The van der Waals surface area contributed by atoms with Gasteiger partial charge in [0, 0.05) is 45.4 Å². The summed E-state index contributed by atoms with van der Waals surface area (Å²) in [4.78, 5) is 4.56. The molecule has 0 amide bonds. The first kappa shape index (κ1) is 41.4. The first-order valence-corrected chi connectivity index (χ1v) is 25.9. The first-order valence-electron chi connectivity index (χ1n) is 25.9. The molecular formula is C70H42N2O4. The lowest BCUT2D eigenvalue weighted by atomic mass is 9.57. The van der Waals surface area contributed by atoms with Gasteiger partial charge in [0.15, 0.2) is 0 Å². The quantitative estimate of drug-likeness (QED) is 0.165. The molecule has 0 bridgehead atoms. The zero-order valence-electron chi connectivity index (χ0n) is 40.8. The van der Waals surface area contributed by atoms with Crippen LogP contribution >= 0.6 is 0 Å². The van der Waals surface area contributed by atoms with Crippen LogP contribution in [0.3, 0.4) is 0 Å². The predicted molar refractivity (Wildman–Crippen MR) is 303 cm³/mol. The van der Waals surface area contributed by atoms with Gasteiger partial charge in [0.2, 0.25) is 11.8 Å². The molecule has 3 aliphatic carbocycles. The van der Waals surface area contributed by atoms with Gasteiger partial charge in [-0.15, -0.1) is 0 Å². The van der Waals surface area contributed by atoms with E-state index in [0.29, 0.717) is 11.8 Å². The van der Waals surface area contributed by atoms with E-state index in [-0.39, 0.29) is 0 Å². The maximum Gasteiger partial charge on any atom is 0.205 e. The number of hydrogen-bond acceptors (Lipinski definition) is 6. The van der Waals surface area contributed by atoms with Gasteiger partial charge in [-0.05, 0) is 105 Å². The van der Waals surface area contributed by atoms with Gasteiger partial charge in [-0.25, -0.2) is 0 Å². The minimum atomic E-state index is -0.997. The third-order valence-corrected chi connectivity index (χ3v) is 16.5. The lowest BCUT2D eigenvalue weighted by Gasteiger charge is -2.42. The van der Waals surface area contributed by atoms with Crippen molar-refractivity contribution in [3.8, 4) is 22.3 Å². The highest BCUT2D eigenvalue weighted by molar-refractivity contribution is 6.14. The van der Waals surface area contributed by atoms with Gasteiger partial charge < -0.3 is 17.7 Å². The molecule has 2 spiro atoms. The minimum absolute atomic E-state index is 0.672. The van der Waals surface area contributed by atoms with Crippen LogP contribution in [-0.4, -0.2) is 0 Å². The molecule has 76 heavy (non-hydrogen) atoms. The van der Waals surface area contributed by atoms with Crippen LogP contribution in [0.15, 0.2) is 272 Å². The molecule has 0 atom stereocenters. The summed E-state index contributed by atoms with van der Waals surface area (Å²) in [5.74, 6) is 3.02. The molecule has 17 rings (SSSR count). The van der Waals surface area contributed by atoms with Crippen LogP contribution < -0.4 is 9.80 Å². The number of para-hydroxylation sites is 4. The lowest BCUT2D eigenvalue weighted by molar-refractivity contribution is 0.405.